The largest absolute Gasteiger partial charge is 0.325 e. The molecule has 24 heavy (non-hydrogen) atoms. The average molecular weight is 324 g/mol. The van der Waals surface area contributed by atoms with Crippen molar-refractivity contribution in [2.75, 3.05) is 25.0 Å². The molecular formula is C17H20N6O. The minimum atomic E-state index is -0.279. The van der Waals surface area contributed by atoms with Gasteiger partial charge in [0.15, 0.2) is 5.65 Å². The molecule has 0 atom stereocenters. The topological polar surface area (TPSA) is 89.7 Å². The fourth-order valence-corrected chi connectivity index (χ4v) is 3.07. The van der Waals surface area contributed by atoms with Gasteiger partial charge < -0.3 is 15.2 Å². The molecule has 1 aliphatic heterocycles. The van der Waals surface area contributed by atoms with Gasteiger partial charge in [0.2, 0.25) is 5.95 Å². The lowest BCUT2D eigenvalue weighted by atomic mass is 10.1. The summed E-state index contributed by atoms with van der Waals surface area (Å²) in [6.45, 7) is 3.61. The second kappa shape index (κ2) is 6.45. The highest BCUT2D eigenvalue weighted by Crippen LogP contribution is 2.16. The van der Waals surface area contributed by atoms with Crippen molar-refractivity contribution in [3.05, 3.63) is 46.5 Å². The van der Waals surface area contributed by atoms with Crippen molar-refractivity contribution in [2.24, 2.45) is 0 Å². The smallest absolute Gasteiger partial charge is 0.324 e. The van der Waals surface area contributed by atoms with E-state index in [4.69, 9.17) is 0 Å². The highest BCUT2D eigenvalue weighted by atomic mass is 16.1. The maximum absolute atomic E-state index is 11.3. The number of benzene rings is 1. The van der Waals surface area contributed by atoms with Crippen molar-refractivity contribution in [1.29, 1.82) is 0 Å². The Morgan fingerprint density at radius 2 is 1.92 bits per heavy atom. The molecule has 1 saturated heterocycles. The number of anilines is 2. The molecule has 2 aromatic heterocycles. The molecule has 0 bridgehead atoms. The number of nitrogens with one attached hydrogen (secondary N) is 3. The minimum absolute atomic E-state index is 0.279. The van der Waals surface area contributed by atoms with Gasteiger partial charge in [0.1, 0.15) is 5.52 Å². The number of aromatic nitrogens is 4. The number of H-pyrrole nitrogens is 2. The lowest BCUT2D eigenvalue weighted by Crippen LogP contribution is -2.21. The quantitative estimate of drug-likeness (QED) is 0.668. The van der Waals surface area contributed by atoms with Crippen molar-refractivity contribution in [3.8, 4) is 0 Å². The normalized spacial score (nSPS) is 15.2. The molecule has 0 aliphatic carbocycles. The highest BCUT2D eigenvalue weighted by Gasteiger charge is 2.10. The Morgan fingerprint density at radius 3 is 2.71 bits per heavy atom. The van der Waals surface area contributed by atoms with Crippen LogP contribution in [0, 0.1) is 0 Å². The van der Waals surface area contributed by atoms with Gasteiger partial charge in [-0.25, -0.2) is 9.78 Å². The average Bonchev–Trinajstić information content (AvgIpc) is 3.22. The van der Waals surface area contributed by atoms with E-state index in [0.717, 1.165) is 18.7 Å². The number of likely N-dealkylation sites (tertiary alicyclic amines) is 1. The molecular weight excluding hydrogens is 304 g/mol. The van der Waals surface area contributed by atoms with Crippen LogP contribution in [0.4, 0.5) is 11.6 Å². The number of nitrogens with zero attached hydrogens (tertiary/aromatic N) is 3. The van der Waals surface area contributed by atoms with Gasteiger partial charge in [-0.1, -0.05) is 12.1 Å². The molecule has 7 heteroatoms. The maximum atomic E-state index is 11.3. The van der Waals surface area contributed by atoms with Gasteiger partial charge in [0.05, 0.1) is 6.20 Å². The van der Waals surface area contributed by atoms with E-state index in [1.165, 1.54) is 31.5 Å². The molecule has 0 spiro atoms. The SMILES string of the molecule is O=c1[nH]c2cnc(Nc3ccc(CCN4CCCC4)cc3)nc2[nH]1. The molecule has 0 saturated carbocycles. The summed E-state index contributed by atoms with van der Waals surface area (Å²) in [4.78, 5) is 27.5. The van der Waals surface area contributed by atoms with Crippen LogP contribution >= 0.6 is 0 Å². The first-order valence-corrected chi connectivity index (χ1v) is 8.30. The fraction of sp³-hybridized carbons (Fsp3) is 0.353. The second-order valence-electron chi connectivity index (χ2n) is 6.16. The third-order valence-electron chi connectivity index (χ3n) is 4.39. The van der Waals surface area contributed by atoms with Crippen LogP contribution in [-0.4, -0.2) is 44.5 Å². The molecule has 3 N–H and O–H groups in total. The van der Waals surface area contributed by atoms with E-state index in [2.05, 4.69) is 42.3 Å². The zero-order chi connectivity index (χ0) is 16.4. The van der Waals surface area contributed by atoms with Crippen molar-refractivity contribution >= 4 is 22.8 Å². The first-order chi connectivity index (χ1) is 11.8. The van der Waals surface area contributed by atoms with Crippen LogP contribution in [0.1, 0.15) is 18.4 Å². The maximum Gasteiger partial charge on any atom is 0.325 e. The van der Waals surface area contributed by atoms with E-state index in [-0.39, 0.29) is 5.69 Å². The van der Waals surface area contributed by atoms with Crippen molar-refractivity contribution in [1.82, 2.24) is 24.8 Å². The molecule has 0 radical (unpaired) electrons. The molecule has 1 fully saturated rings. The molecule has 3 aromatic rings. The first-order valence-electron chi connectivity index (χ1n) is 8.30. The summed E-state index contributed by atoms with van der Waals surface area (Å²) in [5.74, 6) is 0.461. The van der Waals surface area contributed by atoms with Gasteiger partial charge in [0, 0.05) is 12.2 Å². The summed E-state index contributed by atoms with van der Waals surface area (Å²) < 4.78 is 0. The molecule has 4 rings (SSSR count). The molecule has 7 nitrogen and oxygen atoms in total. The molecule has 3 heterocycles. The van der Waals surface area contributed by atoms with Gasteiger partial charge in [-0.15, -0.1) is 0 Å². The van der Waals surface area contributed by atoms with E-state index in [0.29, 0.717) is 17.1 Å². The van der Waals surface area contributed by atoms with E-state index >= 15 is 0 Å². The van der Waals surface area contributed by atoms with Crippen molar-refractivity contribution in [3.63, 3.8) is 0 Å². The minimum Gasteiger partial charge on any atom is -0.324 e. The monoisotopic (exact) mass is 324 g/mol. The van der Waals surface area contributed by atoms with Crippen LogP contribution in [0.25, 0.3) is 11.2 Å². The van der Waals surface area contributed by atoms with Crippen LogP contribution in [0.2, 0.25) is 0 Å². The molecule has 1 aliphatic rings. The summed E-state index contributed by atoms with van der Waals surface area (Å²) >= 11 is 0. The summed E-state index contributed by atoms with van der Waals surface area (Å²) in [6.07, 6.45) is 5.33. The standard InChI is InChI=1S/C17H20N6O/c24-17-20-14-11-18-16(21-15(14)22-17)19-13-5-3-12(4-6-13)7-10-23-8-1-2-9-23/h3-6,11H,1-2,7-10H2,(H3,18,19,20,21,22,24). The Balaban J connectivity index is 1.41. The van der Waals surface area contributed by atoms with Gasteiger partial charge in [-0.05, 0) is 50.0 Å². The van der Waals surface area contributed by atoms with Crippen molar-refractivity contribution < 1.29 is 0 Å². The third-order valence-corrected chi connectivity index (χ3v) is 4.39. The van der Waals surface area contributed by atoms with Gasteiger partial charge >= 0.3 is 5.69 Å². The summed E-state index contributed by atoms with van der Waals surface area (Å²) in [5.41, 5.74) is 3.08. The number of hydrogen-bond donors (Lipinski definition) is 3. The van der Waals surface area contributed by atoms with Crippen molar-refractivity contribution in [2.45, 2.75) is 19.3 Å². The Kier molecular flexibility index (Phi) is 4.00. The van der Waals surface area contributed by atoms with E-state index in [1.54, 1.807) is 6.20 Å². The third kappa shape index (κ3) is 3.30. The zero-order valence-electron chi connectivity index (χ0n) is 13.4. The zero-order valence-corrected chi connectivity index (χ0v) is 13.4. The Labute approximate surface area is 139 Å². The van der Waals surface area contributed by atoms with Gasteiger partial charge in [-0.2, -0.15) is 4.98 Å². The number of hydrogen-bond acceptors (Lipinski definition) is 5. The van der Waals surface area contributed by atoms with E-state index < -0.39 is 0 Å². The number of rotatable bonds is 5. The number of aromatic amines is 2. The Bertz CT molecular complexity index is 876. The summed E-state index contributed by atoms with van der Waals surface area (Å²) in [5, 5.41) is 3.16. The van der Waals surface area contributed by atoms with E-state index in [9.17, 15) is 4.79 Å². The second-order valence-corrected chi connectivity index (χ2v) is 6.16. The number of fused-ring (bicyclic) bond motifs is 1. The van der Waals surface area contributed by atoms with Crippen LogP contribution in [-0.2, 0) is 6.42 Å². The predicted molar refractivity (Wildman–Crippen MR) is 93.6 cm³/mol. The molecule has 124 valence electrons. The van der Waals surface area contributed by atoms with Crippen LogP contribution < -0.4 is 11.0 Å². The molecule has 0 unspecified atom stereocenters. The summed E-state index contributed by atoms with van der Waals surface area (Å²) in [6, 6.07) is 8.34. The molecule has 0 amide bonds. The van der Waals surface area contributed by atoms with Crippen LogP contribution in [0.5, 0.6) is 0 Å². The lowest BCUT2D eigenvalue weighted by molar-refractivity contribution is 0.343. The Morgan fingerprint density at radius 1 is 1.12 bits per heavy atom. The molecule has 1 aromatic carbocycles. The van der Waals surface area contributed by atoms with Crippen LogP contribution in [0.3, 0.4) is 0 Å². The lowest BCUT2D eigenvalue weighted by Gasteiger charge is -2.14. The van der Waals surface area contributed by atoms with Crippen LogP contribution in [0.15, 0.2) is 35.3 Å². The van der Waals surface area contributed by atoms with Gasteiger partial charge in [-0.3, -0.25) is 4.98 Å². The first kappa shape index (κ1) is 14.9. The Hall–Kier alpha value is -2.67. The predicted octanol–water partition coefficient (Wildman–Crippen LogP) is 2.03. The highest BCUT2D eigenvalue weighted by molar-refractivity contribution is 5.70. The van der Waals surface area contributed by atoms with E-state index in [1.807, 2.05) is 12.1 Å². The summed E-state index contributed by atoms with van der Waals surface area (Å²) in [7, 11) is 0. The fourth-order valence-electron chi connectivity index (χ4n) is 3.07. The number of imidazole rings is 1. The van der Waals surface area contributed by atoms with Gasteiger partial charge in [0.25, 0.3) is 0 Å².